The Balaban J connectivity index is 1.67. The number of benzene rings is 2. The monoisotopic (exact) mass is 343 g/mol. The minimum atomic E-state index is -0.274. The lowest BCUT2D eigenvalue weighted by Crippen LogP contribution is -2.29. The molecule has 0 spiro atoms. The van der Waals surface area contributed by atoms with E-state index in [4.69, 9.17) is 11.6 Å². The number of thiazole rings is 1. The fourth-order valence-electron chi connectivity index (χ4n) is 1.98. The average molecular weight is 344 g/mol. The van der Waals surface area contributed by atoms with Gasteiger partial charge in [0.05, 0.1) is 11.4 Å². The zero-order chi connectivity index (χ0) is 16.2. The molecule has 116 valence electrons. The maximum absolute atomic E-state index is 12.1. The van der Waals surface area contributed by atoms with Gasteiger partial charge in [0.15, 0.2) is 5.01 Å². The van der Waals surface area contributed by atoms with E-state index in [1.165, 1.54) is 11.3 Å². The Labute approximate surface area is 143 Å². The summed E-state index contributed by atoms with van der Waals surface area (Å²) >= 11 is 7.27. The van der Waals surface area contributed by atoms with Gasteiger partial charge in [-0.3, -0.25) is 15.6 Å². The zero-order valence-electron chi connectivity index (χ0n) is 12.3. The molecular formula is C17H14ClN3OS. The molecule has 6 heteroatoms. The summed E-state index contributed by atoms with van der Waals surface area (Å²) in [6, 6.07) is 15.1. The van der Waals surface area contributed by atoms with Crippen LogP contribution in [0.5, 0.6) is 0 Å². The highest BCUT2D eigenvalue weighted by Gasteiger charge is 2.12. The molecule has 0 radical (unpaired) electrons. The van der Waals surface area contributed by atoms with Crippen LogP contribution in [0.15, 0.2) is 53.9 Å². The van der Waals surface area contributed by atoms with E-state index in [1.807, 2.05) is 54.8 Å². The number of nitrogens with one attached hydrogen (secondary N) is 2. The number of aryl methyl sites for hydroxylation is 1. The van der Waals surface area contributed by atoms with Crippen LogP contribution in [-0.4, -0.2) is 10.9 Å². The third-order valence-electron chi connectivity index (χ3n) is 3.19. The highest BCUT2D eigenvalue weighted by Crippen LogP contribution is 2.24. The smallest absolute Gasteiger partial charge is 0.298 e. The quantitative estimate of drug-likeness (QED) is 0.684. The molecule has 0 aliphatic rings. The lowest BCUT2D eigenvalue weighted by Gasteiger charge is -2.07. The van der Waals surface area contributed by atoms with E-state index in [2.05, 4.69) is 15.8 Å². The Morgan fingerprint density at radius 1 is 1.17 bits per heavy atom. The number of rotatable bonds is 4. The molecule has 0 atom stereocenters. The summed E-state index contributed by atoms with van der Waals surface area (Å²) in [5.41, 5.74) is 9.12. The number of amides is 1. The second kappa shape index (κ2) is 6.81. The first kappa shape index (κ1) is 15.5. The molecule has 2 N–H and O–H groups in total. The van der Waals surface area contributed by atoms with Crippen LogP contribution in [0.25, 0.3) is 11.3 Å². The number of hydrogen-bond donors (Lipinski definition) is 2. The van der Waals surface area contributed by atoms with Crippen LogP contribution < -0.4 is 10.9 Å². The van der Waals surface area contributed by atoms with Crippen molar-refractivity contribution in [1.29, 1.82) is 0 Å². The second-order valence-electron chi connectivity index (χ2n) is 4.99. The molecule has 4 nitrogen and oxygen atoms in total. The summed E-state index contributed by atoms with van der Waals surface area (Å²) in [5, 5.41) is 2.87. The van der Waals surface area contributed by atoms with Crippen LogP contribution in [0, 0.1) is 6.92 Å². The van der Waals surface area contributed by atoms with Gasteiger partial charge >= 0.3 is 0 Å². The van der Waals surface area contributed by atoms with Crippen molar-refractivity contribution in [2.24, 2.45) is 0 Å². The molecule has 2 aromatic carbocycles. The summed E-state index contributed by atoms with van der Waals surface area (Å²) in [7, 11) is 0. The van der Waals surface area contributed by atoms with Crippen molar-refractivity contribution in [3.05, 3.63) is 69.5 Å². The summed E-state index contributed by atoms with van der Waals surface area (Å²) in [6.07, 6.45) is 0. The SMILES string of the molecule is Cc1ccc(NNC(=O)c2nc(-c3cccc(Cl)c3)cs2)cc1. The van der Waals surface area contributed by atoms with Gasteiger partial charge in [0.25, 0.3) is 5.91 Å². The average Bonchev–Trinajstić information content (AvgIpc) is 3.04. The van der Waals surface area contributed by atoms with E-state index in [-0.39, 0.29) is 5.91 Å². The highest BCUT2D eigenvalue weighted by atomic mass is 35.5. The maximum Gasteiger partial charge on any atom is 0.298 e. The van der Waals surface area contributed by atoms with Gasteiger partial charge in [0.2, 0.25) is 0 Å². The molecule has 1 amide bonds. The molecule has 3 rings (SSSR count). The van der Waals surface area contributed by atoms with E-state index in [0.717, 1.165) is 22.5 Å². The van der Waals surface area contributed by atoms with Gasteiger partial charge in [0.1, 0.15) is 0 Å². The van der Waals surface area contributed by atoms with E-state index >= 15 is 0 Å². The Hall–Kier alpha value is -2.37. The van der Waals surface area contributed by atoms with Crippen molar-refractivity contribution >= 4 is 34.5 Å². The molecule has 1 heterocycles. The Morgan fingerprint density at radius 2 is 1.96 bits per heavy atom. The molecule has 0 saturated heterocycles. The molecule has 0 fully saturated rings. The standard InChI is InChI=1S/C17H14ClN3OS/c1-11-5-7-14(8-6-11)20-21-16(22)17-19-15(10-23-17)12-3-2-4-13(18)9-12/h2-10,20H,1H3,(H,21,22). The Bertz CT molecular complexity index is 830. The van der Waals surface area contributed by atoms with Crippen LogP contribution in [0.1, 0.15) is 15.4 Å². The van der Waals surface area contributed by atoms with E-state index in [9.17, 15) is 4.79 Å². The number of hydrogen-bond acceptors (Lipinski definition) is 4. The topological polar surface area (TPSA) is 54.0 Å². The molecule has 0 unspecified atom stereocenters. The molecule has 3 aromatic rings. The van der Waals surface area contributed by atoms with Crippen LogP contribution in [0.4, 0.5) is 5.69 Å². The lowest BCUT2D eigenvalue weighted by atomic mass is 10.2. The molecule has 0 saturated carbocycles. The molecule has 0 aliphatic carbocycles. The number of carbonyl (C=O) groups excluding carboxylic acids is 1. The number of hydrazine groups is 1. The van der Waals surface area contributed by atoms with Crippen LogP contribution >= 0.6 is 22.9 Å². The molecule has 0 bridgehead atoms. The van der Waals surface area contributed by atoms with E-state index in [0.29, 0.717) is 10.0 Å². The summed E-state index contributed by atoms with van der Waals surface area (Å²) in [5.74, 6) is -0.274. The van der Waals surface area contributed by atoms with Crippen molar-refractivity contribution in [2.75, 3.05) is 5.43 Å². The van der Waals surface area contributed by atoms with Gasteiger partial charge < -0.3 is 0 Å². The van der Waals surface area contributed by atoms with Crippen LogP contribution in [0.3, 0.4) is 0 Å². The second-order valence-corrected chi connectivity index (χ2v) is 6.29. The summed E-state index contributed by atoms with van der Waals surface area (Å²) in [4.78, 5) is 16.5. The van der Waals surface area contributed by atoms with Crippen LogP contribution in [-0.2, 0) is 0 Å². The third-order valence-corrected chi connectivity index (χ3v) is 4.27. The normalized spacial score (nSPS) is 10.3. The Morgan fingerprint density at radius 3 is 2.70 bits per heavy atom. The van der Waals surface area contributed by atoms with Crippen molar-refractivity contribution in [3.8, 4) is 11.3 Å². The largest absolute Gasteiger partial charge is 0.298 e. The van der Waals surface area contributed by atoms with Crippen molar-refractivity contribution in [2.45, 2.75) is 6.92 Å². The van der Waals surface area contributed by atoms with Crippen molar-refractivity contribution in [3.63, 3.8) is 0 Å². The third kappa shape index (κ3) is 3.88. The van der Waals surface area contributed by atoms with Gasteiger partial charge in [-0.05, 0) is 31.2 Å². The van der Waals surface area contributed by atoms with E-state index < -0.39 is 0 Å². The van der Waals surface area contributed by atoms with Gasteiger partial charge in [-0.1, -0.05) is 41.4 Å². The molecule has 1 aromatic heterocycles. The first-order chi connectivity index (χ1) is 11.1. The summed E-state index contributed by atoms with van der Waals surface area (Å²) in [6.45, 7) is 2.01. The molecular weight excluding hydrogens is 330 g/mol. The number of halogens is 1. The fraction of sp³-hybridized carbons (Fsp3) is 0.0588. The molecule has 23 heavy (non-hydrogen) atoms. The number of aromatic nitrogens is 1. The number of anilines is 1. The Kier molecular flexibility index (Phi) is 4.60. The first-order valence-corrected chi connectivity index (χ1v) is 8.22. The highest BCUT2D eigenvalue weighted by molar-refractivity contribution is 7.12. The van der Waals surface area contributed by atoms with Gasteiger partial charge in [-0.25, -0.2) is 4.98 Å². The fourth-order valence-corrected chi connectivity index (χ4v) is 2.89. The van der Waals surface area contributed by atoms with Gasteiger partial charge in [-0.2, -0.15) is 0 Å². The maximum atomic E-state index is 12.1. The first-order valence-electron chi connectivity index (χ1n) is 6.96. The van der Waals surface area contributed by atoms with Crippen LogP contribution in [0.2, 0.25) is 5.02 Å². The minimum Gasteiger partial charge on any atom is -0.298 e. The van der Waals surface area contributed by atoms with Gasteiger partial charge in [0, 0.05) is 16.0 Å². The van der Waals surface area contributed by atoms with Crippen molar-refractivity contribution in [1.82, 2.24) is 10.4 Å². The minimum absolute atomic E-state index is 0.274. The van der Waals surface area contributed by atoms with Gasteiger partial charge in [-0.15, -0.1) is 11.3 Å². The van der Waals surface area contributed by atoms with E-state index in [1.54, 1.807) is 6.07 Å². The summed E-state index contributed by atoms with van der Waals surface area (Å²) < 4.78 is 0. The van der Waals surface area contributed by atoms with Crippen molar-refractivity contribution < 1.29 is 4.79 Å². The number of carbonyl (C=O) groups is 1. The molecule has 0 aliphatic heterocycles. The predicted molar refractivity (Wildman–Crippen MR) is 94.8 cm³/mol. The lowest BCUT2D eigenvalue weighted by molar-refractivity contribution is 0.0962. The number of nitrogens with zero attached hydrogens (tertiary/aromatic N) is 1. The zero-order valence-corrected chi connectivity index (χ0v) is 13.9. The predicted octanol–water partition coefficient (Wildman–Crippen LogP) is 4.53.